The van der Waals surface area contributed by atoms with Crippen LogP contribution in [0.15, 0.2) is 18.2 Å². The van der Waals surface area contributed by atoms with Gasteiger partial charge in [0.05, 0.1) is 12.6 Å². The van der Waals surface area contributed by atoms with E-state index in [0.717, 1.165) is 25.2 Å². The van der Waals surface area contributed by atoms with Crippen LogP contribution >= 0.6 is 0 Å². The van der Waals surface area contributed by atoms with Crippen LogP contribution in [0.2, 0.25) is 0 Å². The molecule has 136 valence electrons. The first-order chi connectivity index (χ1) is 11.9. The number of nitrogens with zero attached hydrogens (tertiary/aromatic N) is 6. The van der Waals surface area contributed by atoms with Crippen LogP contribution in [0.1, 0.15) is 25.2 Å². The van der Waals surface area contributed by atoms with Crippen molar-refractivity contribution in [2.45, 2.75) is 39.5 Å². The van der Waals surface area contributed by atoms with Gasteiger partial charge in [-0.2, -0.15) is 4.68 Å². The summed E-state index contributed by atoms with van der Waals surface area (Å²) in [6.45, 7) is 9.72. The van der Waals surface area contributed by atoms with E-state index in [-0.39, 0.29) is 11.9 Å². The van der Waals surface area contributed by atoms with Crippen LogP contribution in [-0.2, 0) is 6.54 Å². The summed E-state index contributed by atoms with van der Waals surface area (Å²) in [6, 6.07) is 5.25. The molecule has 2 heterocycles. The highest BCUT2D eigenvalue weighted by atomic mass is 19.1. The second kappa shape index (κ2) is 7.55. The number of rotatable bonds is 5. The fraction of sp³-hybridized carbons (Fsp3) is 0.588. The van der Waals surface area contributed by atoms with Gasteiger partial charge in [-0.3, -0.25) is 9.80 Å². The van der Waals surface area contributed by atoms with E-state index in [0.29, 0.717) is 30.6 Å². The van der Waals surface area contributed by atoms with Gasteiger partial charge in [0.15, 0.2) is 5.82 Å². The van der Waals surface area contributed by atoms with Crippen LogP contribution < -0.4 is 0 Å². The second-order valence-electron chi connectivity index (χ2n) is 6.89. The van der Waals surface area contributed by atoms with Gasteiger partial charge in [0.1, 0.15) is 11.5 Å². The number of β-amino-alcohol motifs (C(OH)–C–C–N with tert-alkyl or cyclic N) is 1. The number of aromatic nitrogens is 4. The number of aliphatic hydroxyl groups is 1. The minimum absolute atomic E-state index is 0.328. The molecule has 1 aliphatic rings. The molecule has 0 spiro atoms. The molecule has 2 aromatic rings. The lowest BCUT2D eigenvalue weighted by molar-refractivity contribution is 0.0411. The van der Waals surface area contributed by atoms with E-state index >= 15 is 0 Å². The summed E-state index contributed by atoms with van der Waals surface area (Å²) in [6.07, 6.45) is -0.328. The van der Waals surface area contributed by atoms with Gasteiger partial charge < -0.3 is 5.11 Å². The molecule has 1 fully saturated rings. The van der Waals surface area contributed by atoms with Crippen LogP contribution in [0.4, 0.5) is 4.39 Å². The van der Waals surface area contributed by atoms with Crippen molar-refractivity contribution < 1.29 is 9.50 Å². The summed E-state index contributed by atoms with van der Waals surface area (Å²) in [7, 11) is 0. The fourth-order valence-electron chi connectivity index (χ4n) is 3.30. The number of hydrogen-bond donors (Lipinski definition) is 1. The zero-order valence-electron chi connectivity index (χ0n) is 14.9. The van der Waals surface area contributed by atoms with Crippen molar-refractivity contribution in [3.63, 3.8) is 0 Å². The van der Waals surface area contributed by atoms with Crippen LogP contribution in [-0.4, -0.2) is 73.4 Å². The number of aliphatic hydroxyl groups excluding tert-OH is 1. The highest BCUT2D eigenvalue weighted by Crippen LogP contribution is 2.17. The highest BCUT2D eigenvalue weighted by Gasteiger charge is 2.26. The van der Waals surface area contributed by atoms with Crippen LogP contribution in [0.5, 0.6) is 0 Å². The Morgan fingerprint density at radius 3 is 2.88 bits per heavy atom. The molecular formula is C17H25FN6O. The van der Waals surface area contributed by atoms with Crippen molar-refractivity contribution in [2.75, 3.05) is 26.2 Å². The van der Waals surface area contributed by atoms with Crippen molar-refractivity contribution in [3.05, 3.63) is 35.4 Å². The van der Waals surface area contributed by atoms with Gasteiger partial charge in [-0.05, 0) is 48.9 Å². The number of benzene rings is 1. The zero-order valence-corrected chi connectivity index (χ0v) is 14.9. The fourth-order valence-corrected chi connectivity index (χ4v) is 3.30. The Morgan fingerprint density at radius 2 is 2.16 bits per heavy atom. The van der Waals surface area contributed by atoms with Gasteiger partial charge in [0, 0.05) is 32.2 Å². The van der Waals surface area contributed by atoms with Crippen molar-refractivity contribution in [1.82, 2.24) is 30.0 Å². The third-order valence-electron chi connectivity index (χ3n) is 4.58. The Morgan fingerprint density at radius 1 is 1.36 bits per heavy atom. The van der Waals surface area contributed by atoms with Crippen molar-refractivity contribution in [1.29, 1.82) is 0 Å². The summed E-state index contributed by atoms with van der Waals surface area (Å²) in [5, 5.41) is 21.4. The maximum Gasteiger partial charge on any atom is 0.170 e. The largest absolute Gasteiger partial charge is 0.392 e. The number of aryl methyl sites for hydroxylation is 1. The molecule has 25 heavy (non-hydrogen) atoms. The summed E-state index contributed by atoms with van der Waals surface area (Å²) >= 11 is 0. The molecular weight excluding hydrogens is 323 g/mol. The third kappa shape index (κ3) is 4.20. The Hall–Kier alpha value is -1.90. The maximum absolute atomic E-state index is 14.2. The van der Waals surface area contributed by atoms with E-state index in [2.05, 4.69) is 32.2 Å². The Bertz CT molecular complexity index is 719. The quantitative estimate of drug-likeness (QED) is 0.869. The molecule has 1 aromatic heterocycles. The molecule has 1 aromatic carbocycles. The zero-order chi connectivity index (χ0) is 18.0. The molecule has 0 unspecified atom stereocenters. The summed E-state index contributed by atoms with van der Waals surface area (Å²) in [5.74, 6) is 0.287. The molecule has 2 atom stereocenters. The number of halogens is 1. The molecule has 0 radical (unpaired) electrons. The van der Waals surface area contributed by atoms with Crippen LogP contribution in [0, 0.1) is 12.7 Å². The summed E-state index contributed by atoms with van der Waals surface area (Å²) in [4.78, 5) is 4.55. The minimum atomic E-state index is -0.339. The number of tetrazole rings is 1. The lowest BCUT2D eigenvalue weighted by Crippen LogP contribution is -2.53. The molecule has 1 saturated heterocycles. The lowest BCUT2D eigenvalue weighted by Gasteiger charge is -2.40. The van der Waals surface area contributed by atoms with Gasteiger partial charge >= 0.3 is 0 Å². The van der Waals surface area contributed by atoms with Crippen molar-refractivity contribution >= 4 is 0 Å². The number of hydrogen-bond acceptors (Lipinski definition) is 6. The van der Waals surface area contributed by atoms with E-state index in [1.807, 2.05) is 13.8 Å². The van der Waals surface area contributed by atoms with E-state index in [4.69, 9.17) is 0 Å². The highest BCUT2D eigenvalue weighted by molar-refractivity contribution is 5.36. The Kier molecular flexibility index (Phi) is 5.41. The SMILES string of the molecule is Cc1ccc(F)c(-n2nnnc2CN2CCN(C[C@@H](C)O)[C@H](C)C2)c1. The second-order valence-corrected chi connectivity index (χ2v) is 6.89. The molecule has 1 N–H and O–H groups in total. The standard InChI is InChI=1S/C17H25FN6O/c1-12-4-5-15(18)16(8-12)24-17(19-20-21-24)11-22-6-7-23(10-14(3)25)13(2)9-22/h4-5,8,13-14,25H,6-7,9-11H2,1-3H3/t13-,14-/m1/s1. The van der Waals surface area contributed by atoms with Crippen LogP contribution in [0.25, 0.3) is 5.69 Å². The molecule has 1 aliphatic heterocycles. The predicted molar refractivity (Wildman–Crippen MR) is 91.8 cm³/mol. The maximum atomic E-state index is 14.2. The van der Waals surface area contributed by atoms with E-state index in [1.54, 1.807) is 12.1 Å². The smallest absolute Gasteiger partial charge is 0.170 e. The lowest BCUT2D eigenvalue weighted by atomic mass is 10.1. The number of piperazine rings is 1. The van der Waals surface area contributed by atoms with Gasteiger partial charge in [-0.15, -0.1) is 5.10 Å². The van der Waals surface area contributed by atoms with Crippen molar-refractivity contribution in [2.24, 2.45) is 0 Å². The predicted octanol–water partition coefficient (Wildman–Crippen LogP) is 0.997. The molecule has 0 amide bonds. The summed E-state index contributed by atoms with van der Waals surface area (Å²) < 4.78 is 15.6. The third-order valence-corrected chi connectivity index (χ3v) is 4.58. The van der Waals surface area contributed by atoms with Gasteiger partial charge in [-0.1, -0.05) is 6.07 Å². The van der Waals surface area contributed by atoms with Gasteiger partial charge in [-0.25, -0.2) is 4.39 Å². The minimum Gasteiger partial charge on any atom is -0.392 e. The van der Waals surface area contributed by atoms with E-state index in [1.165, 1.54) is 10.7 Å². The van der Waals surface area contributed by atoms with Gasteiger partial charge in [0.2, 0.25) is 0 Å². The Balaban J connectivity index is 1.71. The van der Waals surface area contributed by atoms with E-state index < -0.39 is 0 Å². The first-order valence-electron chi connectivity index (χ1n) is 8.62. The molecule has 0 aliphatic carbocycles. The molecule has 3 rings (SSSR count). The molecule has 0 saturated carbocycles. The normalized spacial score (nSPS) is 20.8. The molecule has 7 nitrogen and oxygen atoms in total. The molecule has 0 bridgehead atoms. The average molecular weight is 348 g/mol. The average Bonchev–Trinajstić information content (AvgIpc) is 3.00. The summed E-state index contributed by atoms with van der Waals surface area (Å²) in [5.41, 5.74) is 1.33. The first kappa shape index (κ1) is 17.9. The topological polar surface area (TPSA) is 70.3 Å². The van der Waals surface area contributed by atoms with E-state index in [9.17, 15) is 9.50 Å². The van der Waals surface area contributed by atoms with Crippen LogP contribution in [0.3, 0.4) is 0 Å². The van der Waals surface area contributed by atoms with Gasteiger partial charge in [0.25, 0.3) is 0 Å². The Labute approximate surface area is 147 Å². The van der Waals surface area contributed by atoms with Crippen molar-refractivity contribution in [3.8, 4) is 5.69 Å². The molecule has 8 heteroatoms. The first-order valence-corrected chi connectivity index (χ1v) is 8.62. The monoisotopic (exact) mass is 348 g/mol.